The fraction of sp³-hybridized carbons (Fsp3) is 0.462. The van der Waals surface area contributed by atoms with Crippen LogP contribution in [0.1, 0.15) is 48.4 Å². The average molecular weight is 276 g/mol. The van der Waals surface area contributed by atoms with Crippen LogP contribution in [0.5, 0.6) is 0 Å². The molecule has 2 N–H and O–H groups in total. The molecule has 1 aliphatic rings. The second kappa shape index (κ2) is 4.68. The summed E-state index contributed by atoms with van der Waals surface area (Å²) in [5, 5.41) is 0. The fourth-order valence-corrected chi connectivity index (χ4v) is 1.97. The summed E-state index contributed by atoms with van der Waals surface area (Å²) >= 11 is 0. The fourth-order valence-electron chi connectivity index (χ4n) is 1.97. The van der Waals surface area contributed by atoms with Crippen LogP contribution >= 0.6 is 0 Å². The van der Waals surface area contributed by atoms with Crippen LogP contribution in [-0.4, -0.2) is 35.5 Å². The Morgan fingerprint density at radius 3 is 2.25 bits per heavy atom. The Bertz CT molecular complexity index is 555. The van der Waals surface area contributed by atoms with E-state index < -0.39 is 24.2 Å². The van der Waals surface area contributed by atoms with E-state index in [1.54, 1.807) is 0 Å². The molecule has 0 saturated carbocycles. The Labute approximate surface area is 117 Å². The monoisotopic (exact) mass is 276 g/mol. The first-order chi connectivity index (χ1) is 9.19. The van der Waals surface area contributed by atoms with Crippen LogP contribution in [-0.2, 0) is 9.31 Å². The Kier molecular flexibility index (Phi) is 3.43. The summed E-state index contributed by atoms with van der Waals surface area (Å²) in [6, 6.07) is 0. The Morgan fingerprint density at radius 2 is 1.80 bits per heavy atom. The number of carbonyl (C=O) groups is 2. The number of nitrogens with two attached hydrogens (primary N) is 1. The summed E-state index contributed by atoms with van der Waals surface area (Å²) in [6.07, 6.45) is 3.29. The van der Waals surface area contributed by atoms with Crippen LogP contribution in [0.4, 0.5) is 0 Å². The van der Waals surface area contributed by atoms with Crippen molar-refractivity contribution in [3.63, 3.8) is 0 Å². The minimum absolute atomic E-state index is 0.0622. The number of aromatic nitrogens is 1. The summed E-state index contributed by atoms with van der Waals surface area (Å²) in [5.41, 5.74) is 4.80. The molecule has 0 radical (unpaired) electrons. The van der Waals surface area contributed by atoms with Crippen molar-refractivity contribution in [1.29, 1.82) is 0 Å². The summed E-state index contributed by atoms with van der Waals surface area (Å²) < 4.78 is 11.7. The largest absolute Gasteiger partial charge is 0.497 e. The summed E-state index contributed by atoms with van der Waals surface area (Å²) in [6.45, 7) is 7.61. The van der Waals surface area contributed by atoms with Gasteiger partial charge < -0.3 is 15.0 Å². The molecule has 1 amide bonds. The normalized spacial score (nSPS) is 19.9. The van der Waals surface area contributed by atoms with Gasteiger partial charge in [-0.15, -0.1) is 0 Å². The van der Waals surface area contributed by atoms with Gasteiger partial charge in [0.15, 0.2) is 6.29 Å². The zero-order chi connectivity index (χ0) is 15.1. The second-order valence-electron chi connectivity index (χ2n) is 5.76. The van der Waals surface area contributed by atoms with E-state index in [9.17, 15) is 9.59 Å². The van der Waals surface area contributed by atoms with Crippen molar-refractivity contribution in [2.45, 2.75) is 38.9 Å². The van der Waals surface area contributed by atoms with Crippen molar-refractivity contribution in [3.8, 4) is 0 Å². The van der Waals surface area contributed by atoms with Crippen LogP contribution in [0.2, 0.25) is 0 Å². The van der Waals surface area contributed by atoms with Crippen molar-refractivity contribution >= 4 is 24.8 Å². The highest BCUT2D eigenvalue weighted by molar-refractivity contribution is 6.63. The molecule has 1 fully saturated rings. The first-order valence-electron chi connectivity index (χ1n) is 6.28. The minimum Gasteiger partial charge on any atom is -0.399 e. The minimum atomic E-state index is -0.757. The lowest BCUT2D eigenvalue weighted by molar-refractivity contribution is 0.00578. The van der Waals surface area contributed by atoms with Gasteiger partial charge in [-0.25, -0.2) is 0 Å². The Balaban J connectivity index is 2.48. The lowest BCUT2D eigenvalue weighted by atomic mass is 9.76. The van der Waals surface area contributed by atoms with Crippen molar-refractivity contribution in [3.05, 3.63) is 23.5 Å². The SMILES string of the molecule is CC1(C)OB(c2cncc(C(N)=O)c2C=O)OC1(C)C. The Hall–Kier alpha value is -1.73. The summed E-state index contributed by atoms with van der Waals surface area (Å²) in [5.74, 6) is -0.710. The molecule has 1 saturated heterocycles. The highest BCUT2D eigenvalue weighted by atomic mass is 16.7. The third-order valence-electron chi connectivity index (χ3n) is 3.91. The maximum Gasteiger partial charge on any atom is 0.497 e. The van der Waals surface area contributed by atoms with Gasteiger partial charge in [-0.1, -0.05) is 0 Å². The lowest BCUT2D eigenvalue weighted by Crippen LogP contribution is -2.41. The van der Waals surface area contributed by atoms with E-state index in [-0.39, 0.29) is 11.1 Å². The van der Waals surface area contributed by atoms with Gasteiger partial charge in [0.1, 0.15) is 0 Å². The van der Waals surface area contributed by atoms with Gasteiger partial charge >= 0.3 is 7.12 Å². The van der Waals surface area contributed by atoms with Crippen molar-refractivity contribution in [2.75, 3.05) is 0 Å². The highest BCUT2D eigenvalue weighted by Gasteiger charge is 2.52. The van der Waals surface area contributed by atoms with E-state index in [0.29, 0.717) is 11.7 Å². The van der Waals surface area contributed by atoms with Gasteiger partial charge in [0.05, 0.1) is 16.8 Å². The molecule has 0 unspecified atom stereocenters. The first-order valence-corrected chi connectivity index (χ1v) is 6.28. The van der Waals surface area contributed by atoms with Gasteiger partial charge in [0, 0.05) is 23.4 Å². The van der Waals surface area contributed by atoms with E-state index in [1.165, 1.54) is 12.4 Å². The molecular formula is C13H17BN2O4. The maximum atomic E-state index is 11.3. The third-order valence-corrected chi connectivity index (χ3v) is 3.91. The van der Waals surface area contributed by atoms with Crippen molar-refractivity contribution in [1.82, 2.24) is 4.98 Å². The molecule has 1 aromatic heterocycles. The lowest BCUT2D eigenvalue weighted by Gasteiger charge is -2.32. The number of hydrogen-bond acceptors (Lipinski definition) is 5. The summed E-state index contributed by atoms with van der Waals surface area (Å²) in [7, 11) is -0.757. The standard InChI is InChI=1S/C13H17BN2O4/c1-12(2)13(3,4)20-14(19-12)10-6-16-5-8(11(15)18)9(10)7-17/h5-7H,1-4H3,(H2,15,18). The number of aldehydes is 1. The van der Waals surface area contributed by atoms with Gasteiger partial charge in [0.25, 0.3) is 5.91 Å². The molecule has 0 aliphatic carbocycles. The van der Waals surface area contributed by atoms with Crippen LogP contribution in [0.15, 0.2) is 12.4 Å². The number of rotatable bonds is 3. The maximum absolute atomic E-state index is 11.3. The van der Waals surface area contributed by atoms with Crippen LogP contribution in [0.25, 0.3) is 0 Å². The predicted octanol–water partition coefficient (Wildman–Crippen LogP) is 0.292. The molecule has 1 aliphatic heterocycles. The van der Waals surface area contributed by atoms with Gasteiger partial charge in [-0.3, -0.25) is 14.6 Å². The van der Waals surface area contributed by atoms with Crippen molar-refractivity contribution in [2.24, 2.45) is 5.73 Å². The topological polar surface area (TPSA) is 91.5 Å². The first kappa shape index (κ1) is 14.7. The van der Waals surface area contributed by atoms with Crippen molar-refractivity contribution < 1.29 is 18.9 Å². The molecule has 0 aromatic carbocycles. The number of pyridine rings is 1. The predicted molar refractivity (Wildman–Crippen MR) is 73.9 cm³/mol. The molecule has 0 bridgehead atoms. The zero-order valence-corrected chi connectivity index (χ0v) is 12.0. The molecule has 2 rings (SSSR count). The molecule has 1 aromatic rings. The molecule has 2 heterocycles. The molecule has 7 heteroatoms. The highest BCUT2D eigenvalue weighted by Crippen LogP contribution is 2.36. The van der Waals surface area contributed by atoms with E-state index in [1.807, 2.05) is 27.7 Å². The van der Waals surface area contributed by atoms with Crippen LogP contribution in [0.3, 0.4) is 0 Å². The average Bonchev–Trinajstić information content (AvgIpc) is 2.57. The van der Waals surface area contributed by atoms with Gasteiger partial charge in [-0.05, 0) is 27.7 Å². The molecule has 6 nitrogen and oxygen atoms in total. The molecule has 20 heavy (non-hydrogen) atoms. The molecule has 0 spiro atoms. The smallest absolute Gasteiger partial charge is 0.399 e. The number of primary amides is 1. The summed E-state index contributed by atoms with van der Waals surface area (Å²) in [4.78, 5) is 26.6. The second-order valence-corrected chi connectivity index (χ2v) is 5.76. The van der Waals surface area contributed by atoms with E-state index in [0.717, 1.165) is 0 Å². The quantitative estimate of drug-likeness (QED) is 0.633. The van der Waals surface area contributed by atoms with Gasteiger partial charge in [-0.2, -0.15) is 0 Å². The van der Waals surface area contributed by atoms with E-state index in [4.69, 9.17) is 15.0 Å². The number of hydrogen-bond donors (Lipinski definition) is 1. The van der Waals surface area contributed by atoms with Crippen LogP contribution < -0.4 is 11.2 Å². The van der Waals surface area contributed by atoms with Gasteiger partial charge in [0.2, 0.25) is 0 Å². The molecular weight excluding hydrogens is 259 g/mol. The molecule has 0 atom stereocenters. The van der Waals surface area contributed by atoms with Crippen LogP contribution in [0, 0.1) is 0 Å². The van der Waals surface area contributed by atoms with E-state index in [2.05, 4.69) is 4.98 Å². The number of amides is 1. The Morgan fingerprint density at radius 1 is 1.25 bits per heavy atom. The number of nitrogens with zero attached hydrogens (tertiary/aromatic N) is 1. The van der Waals surface area contributed by atoms with E-state index >= 15 is 0 Å². The third kappa shape index (κ3) is 2.23. The zero-order valence-electron chi connectivity index (χ0n) is 12.0. The number of carbonyl (C=O) groups excluding carboxylic acids is 2. The molecule has 106 valence electrons.